The van der Waals surface area contributed by atoms with Crippen LogP contribution in [-0.4, -0.2) is 55.5 Å². The highest BCUT2D eigenvalue weighted by molar-refractivity contribution is 5.92. The maximum absolute atomic E-state index is 12.3. The van der Waals surface area contributed by atoms with Gasteiger partial charge in [-0.25, -0.2) is 4.79 Å². The van der Waals surface area contributed by atoms with Crippen molar-refractivity contribution in [3.8, 4) is 5.75 Å². The Labute approximate surface area is 137 Å². The van der Waals surface area contributed by atoms with Gasteiger partial charge in [-0.3, -0.25) is 4.79 Å². The quantitative estimate of drug-likeness (QED) is 0.927. The third-order valence-corrected chi connectivity index (χ3v) is 3.95. The Morgan fingerprint density at radius 1 is 1.22 bits per heavy atom. The van der Waals surface area contributed by atoms with Crippen molar-refractivity contribution >= 4 is 17.6 Å². The maximum atomic E-state index is 12.3. The second-order valence-electron chi connectivity index (χ2n) is 5.88. The van der Waals surface area contributed by atoms with Crippen molar-refractivity contribution in [1.29, 1.82) is 0 Å². The number of amides is 3. The minimum atomic E-state index is -0.0484. The molecule has 23 heavy (non-hydrogen) atoms. The Kier molecular flexibility index (Phi) is 5.84. The van der Waals surface area contributed by atoms with Crippen LogP contribution < -0.4 is 10.1 Å². The monoisotopic (exact) mass is 319 g/mol. The molecular weight excluding hydrogens is 294 g/mol. The molecule has 0 unspecified atom stereocenters. The molecule has 6 heteroatoms. The number of nitrogens with one attached hydrogen (secondary N) is 1. The van der Waals surface area contributed by atoms with Crippen molar-refractivity contribution in [3.63, 3.8) is 0 Å². The summed E-state index contributed by atoms with van der Waals surface area (Å²) in [4.78, 5) is 27.6. The van der Waals surface area contributed by atoms with E-state index in [9.17, 15) is 9.59 Å². The maximum Gasteiger partial charge on any atom is 0.319 e. The van der Waals surface area contributed by atoms with Crippen molar-refractivity contribution < 1.29 is 14.3 Å². The molecule has 1 aromatic carbocycles. The van der Waals surface area contributed by atoms with Crippen molar-refractivity contribution in [3.05, 3.63) is 24.3 Å². The number of urea groups is 1. The van der Waals surface area contributed by atoms with Gasteiger partial charge in [0.15, 0.2) is 0 Å². The van der Waals surface area contributed by atoms with Gasteiger partial charge < -0.3 is 19.9 Å². The average Bonchev–Trinajstić information content (AvgIpc) is 2.56. The van der Waals surface area contributed by atoms with E-state index in [0.717, 1.165) is 11.4 Å². The average molecular weight is 319 g/mol. The van der Waals surface area contributed by atoms with E-state index in [1.165, 1.54) is 0 Å². The summed E-state index contributed by atoms with van der Waals surface area (Å²) in [5, 5.41) is 2.94. The molecule has 1 heterocycles. The number of carbonyl (C=O) groups excluding carboxylic acids is 2. The summed E-state index contributed by atoms with van der Waals surface area (Å²) in [6, 6.07) is 7.38. The van der Waals surface area contributed by atoms with Crippen LogP contribution >= 0.6 is 0 Å². The fourth-order valence-electron chi connectivity index (χ4n) is 2.66. The molecule has 0 spiro atoms. The summed E-state index contributed by atoms with van der Waals surface area (Å²) in [6.45, 7) is 3.80. The number of hydrogen-bond donors (Lipinski definition) is 1. The van der Waals surface area contributed by atoms with Gasteiger partial charge in [0.2, 0.25) is 5.91 Å². The second kappa shape index (κ2) is 7.85. The van der Waals surface area contributed by atoms with E-state index >= 15 is 0 Å². The molecule has 0 bridgehead atoms. The Morgan fingerprint density at radius 3 is 2.35 bits per heavy atom. The molecule has 0 radical (unpaired) electrons. The lowest BCUT2D eigenvalue weighted by Crippen LogP contribution is -2.45. The third kappa shape index (κ3) is 4.61. The van der Waals surface area contributed by atoms with E-state index in [1.807, 2.05) is 31.2 Å². The summed E-state index contributed by atoms with van der Waals surface area (Å²) in [5.41, 5.74) is 0.769. The Bertz CT molecular complexity index is 535. The van der Waals surface area contributed by atoms with Crippen LogP contribution in [0.25, 0.3) is 0 Å². The lowest BCUT2D eigenvalue weighted by atomic mass is 9.96. The largest absolute Gasteiger partial charge is 0.494 e. The van der Waals surface area contributed by atoms with E-state index in [0.29, 0.717) is 32.5 Å². The molecule has 2 rings (SSSR count). The van der Waals surface area contributed by atoms with Gasteiger partial charge in [0.25, 0.3) is 0 Å². The summed E-state index contributed by atoms with van der Waals surface area (Å²) in [6.07, 6.45) is 1.39. The summed E-state index contributed by atoms with van der Waals surface area (Å²) in [7, 11) is 3.49. The van der Waals surface area contributed by atoms with Crippen LogP contribution in [-0.2, 0) is 4.79 Å². The Morgan fingerprint density at radius 2 is 1.83 bits per heavy atom. The number of carbonyl (C=O) groups is 2. The van der Waals surface area contributed by atoms with Gasteiger partial charge in [-0.15, -0.1) is 0 Å². The molecule has 1 saturated heterocycles. The minimum Gasteiger partial charge on any atom is -0.494 e. The first-order chi connectivity index (χ1) is 11.0. The number of benzene rings is 1. The van der Waals surface area contributed by atoms with Gasteiger partial charge in [-0.2, -0.15) is 0 Å². The molecule has 1 aromatic rings. The topological polar surface area (TPSA) is 61.9 Å². The molecule has 6 nitrogen and oxygen atoms in total. The van der Waals surface area contributed by atoms with Crippen LogP contribution in [0.1, 0.15) is 19.8 Å². The molecule has 1 aliphatic heterocycles. The lowest BCUT2D eigenvalue weighted by Gasteiger charge is -2.33. The predicted molar refractivity (Wildman–Crippen MR) is 89.6 cm³/mol. The normalized spacial score (nSPS) is 15.2. The zero-order chi connectivity index (χ0) is 16.8. The molecule has 1 aliphatic rings. The first-order valence-corrected chi connectivity index (χ1v) is 8.01. The number of rotatable bonds is 4. The van der Waals surface area contributed by atoms with Crippen molar-refractivity contribution in [2.45, 2.75) is 19.8 Å². The fourth-order valence-corrected chi connectivity index (χ4v) is 2.66. The van der Waals surface area contributed by atoms with Gasteiger partial charge in [0, 0.05) is 38.8 Å². The van der Waals surface area contributed by atoms with E-state index in [4.69, 9.17) is 4.74 Å². The molecule has 126 valence electrons. The molecule has 0 saturated carbocycles. The lowest BCUT2D eigenvalue weighted by molar-refractivity contribution is -0.121. The first kappa shape index (κ1) is 17.1. The highest BCUT2D eigenvalue weighted by atomic mass is 16.5. The highest BCUT2D eigenvalue weighted by Gasteiger charge is 2.27. The van der Waals surface area contributed by atoms with Crippen molar-refractivity contribution in [1.82, 2.24) is 9.80 Å². The number of ether oxygens (including phenoxy) is 1. The predicted octanol–water partition coefficient (Wildman–Crippen LogP) is 2.42. The van der Waals surface area contributed by atoms with Crippen LogP contribution in [0.15, 0.2) is 24.3 Å². The standard InChI is InChI=1S/C17H25N3O3/c1-4-23-15-7-5-14(6-8-15)18-16(21)13-9-11-20(12-10-13)17(22)19(2)3/h5-8,13H,4,9-12H2,1-3H3,(H,18,21). The van der Waals surface area contributed by atoms with Crippen molar-refractivity contribution in [2.75, 3.05) is 39.1 Å². The smallest absolute Gasteiger partial charge is 0.319 e. The number of anilines is 1. The molecule has 0 atom stereocenters. The Balaban J connectivity index is 1.84. The van der Waals surface area contributed by atoms with Crippen LogP contribution in [0.2, 0.25) is 0 Å². The van der Waals surface area contributed by atoms with Gasteiger partial charge in [0.05, 0.1) is 6.61 Å². The van der Waals surface area contributed by atoms with E-state index in [2.05, 4.69) is 5.32 Å². The molecule has 1 fully saturated rings. The van der Waals surface area contributed by atoms with Crippen molar-refractivity contribution in [2.24, 2.45) is 5.92 Å². The number of hydrogen-bond acceptors (Lipinski definition) is 3. The summed E-state index contributed by atoms with van der Waals surface area (Å²) >= 11 is 0. The highest BCUT2D eigenvalue weighted by Crippen LogP contribution is 2.21. The van der Waals surface area contributed by atoms with Gasteiger partial charge >= 0.3 is 6.03 Å². The zero-order valence-electron chi connectivity index (χ0n) is 14.0. The van der Waals surface area contributed by atoms with E-state index in [1.54, 1.807) is 23.9 Å². The van der Waals surface area contributed by atoms with Gasteiger partial charge in [-0.1, -0.05) is 0 Å². The van der Waals surface area contributed by atoms with Crippen LogP contribution in [0.4, 0.5) is 10.5 Å². The number of piperidine rings is 1. The summed E-state index contributed by atoms with van der Waals surface area (Å²) in [5.74, 6) is 0.764. The minimum absolute atomic E-state index is 0.00960. The van der Waals surface area contributed by atoms with Gasteiger partial charge in [-0.05, 0) is 44.0 Å². The molecule has 0 aromatic heterocycles. The first-order valence-electron chi connectivity index (χ1n) is 8.01. The fraction of sp³-hybridized carbons (Fsp3) is 0.529. The zero-order valence-corrected chi connectivity index (χ0v) is 14.0. The van der Waals surface area contributed by atoms with Gasteiger partial charge in [0.1, 0.15) is 5.75 Å². The molecule has 0 aliphatic carbocycles. The number of likely N-dealkylation sites (tertiary alicyclic amines) is 1. The summed E-state index contributed by atoms with van der Waals surface area (Å²) < 4.78 is 5.38. The van der Waals surface area contributed by atoms with Crippen LogP contribution in [0.5, 0.6) is 5.75 Å². The van der Waals surface area contributed by atoms with E-state index in [-0.39, 0.29) is 17.9 Å². The van der Waals surface area contributed by atoms with Crippen LogP contribution in [0.3, 0.4) is 0 Å². The second-order valence-corrected chi connectivity index (χ2v) is 5.88. The SMILES string of the molecule is CCOc1ccc(NC(=O)C2CCN(C(=O)N(C)C)CC2)cc1. The third-order valence-electron chi connectivity index (χ3n) is 3.95. The Hall–Kier alpha value is -2.24. The molecule has 1 N–H and O–H groups in total. The van der Waals surface area contributed by atoms with Crippen LogP contribution in [0, 0.1) is 5.92 Å². The number of nitrogens with zero attached hydrogens (tertiary/aromatic N) is 2. The van der Waals surface area contributed by atoms with E-state index < -0.39 is 0 Å². The molecular formula is C17H25N3O3. The molecule has 3 amide bonds.